The average Bonchev–Trinajstić information content (AvgIpc) is 3.47. The van der Waals surface area contributed by atoms with Crippen LogP contribution in [0.3, 0.4) is 0 Å². The van der Waals surface area contributed by atoms with Gasteiger partial charge in [-0.15, -0.1) is 5.10 Å². The first-order valence-corrected chi connectivity index (χ1v) is 9.39. The zero-order chi connectivity index (χ0) is 19.7. The van der Waals surface area contributed by atoms with Gasteiger partial charge in [0.05, 0.1) is 25.5 Å². The largest absolute Gasteiger partial charge is 0.479 e. The molecular formula is C20H20ClN5O2. The molecule has 3 aromatic heterocycles. The smallest absolute Gasteiger partial charge is 0.252 e. The Bertz CT molecular complexity index is 996. The molecule has 7 nitrogen and oxygen atoms in total. The first-order chi connectivity index (χ1) is 13.6. The third-order valence-electron chi connectivity index (χ3n) is 4.79. The van der Waals surface area contributed by atoms with E-state index in [2.05, 4.69) is 37.3 Å². The number of pyridine rings is 1. The molecule has 8 heteroatoms. The SMILES string of the molecule is COc1nncc(-c2cnc(C)nc2OC[C@H]2C[C@@H]2c2ccc(C)cn2)c1Cl. The maximum atomic E-state index is 6.40. The number of aryl methyl sites for hydroxylation is 2. The van der Waals surface area contributed by atoms with Crippen LogP contribution in [0, 0.1) is 19.8 Å². The molecule has 0 saturated heterocycles. The number of halogens is 1. The van der Waals surface area contributed by atoms with E-state index in [4.69, 9.17) is 21.1 Å². The maximum Gasteiger partial charge on any atom is 0.252 e. The molecule has 1 aliphatic rings. The zero-order valence-corrected chi connectivity index (χ0v) is 16.6. The Morgan fingerprint density at radius 2 is 1.93 bits per heavy atom. The fraction of sp³-hybridized carbons (Fsp3) is 0.350. The van der Waals surface area contributed by atoms with Gasteiger partial charge in [0, 0.05) is 35.5 Å². The highest BCUT2D eigenvalue weighted by atomic mass is 35.5. The van der Waals surface area contributed by atoms with Gasteiger partial charge in [-0.05, 0) is 31.9 Å². The lowest BCUT2D eigenvalue weighted by Crippen LogP contribution is -2.06. The number of methoxy groups -OCH3 is 1. The summed E-state index contributed by atoms with van der Waals surface area (Å²) in [6, 6.07) is 4.19. The lowest BCUT2D eigenvalue weighted by molar-refractivity contribution is 0.285. The summed E-state index contributed by atoms with van der Waals surface area (Å²) in [4.78, 5) is 13.3. The lowest BCUT2D eigenvalue weighted by Gasteiger charge is -2.12. The van der Waals surface area contributed by atoms with E-state index in [1.54, 1.807) is 12.4 Å². The van der Waals surface area contributed by atoms with Gasteiger partial charge in [-0.3, -0.25) is 4.98 Å². The van der Waals surface area contributed by atoms with Gasteiger partial charge in [0.2, 0.25) is 5.88 Å². The molecule has 1 aliphatic carbocycles. The summed E-state index contributed by atoms with van der Waals surface area (Å²) in [7, 11) is 1.50. The molecule has 0 aromatic carbocycles. The van der Waals surface area contributed by atoms with Crippen molar-refractivity contribution in [3.8, 4) is 22.9 Å². The van der Waals surface area contributed by atoms with E-state index in [0.29, 0.717) is 46.3 Å². The second-order valence-corrected chi connectivity index (χ2v) is 7.27. The molecule has 0 N–H and O–H groups in total. The molecule has 2 atom stereocenters. The van der Waals surface area contributed by atoms with Crippen LogP contribution < -0.4 is 9.47 Å². The van der Waals surface area contributed by atoms with Crippen molar-refractivity contribution in [1.29, 1.82) is 0 Å². The highest BCUT2D eigenvalue weighted by Crippen LogP contribution is 2.47. The van der Waals surface area contributed by atoms with E-state index >= 15 is 0 Å². The van der Waals surface area contributed by atoms with Gasteiger partial charge in [-0.1, -0.05) is 17.7 Å². The Morgan fingerprint density at radius 3 is 2.68 bits per heavy atom. The molecule has 3 heterocycles. The standard InChI is InChI=1S/C20H20ClN5O2/c1-11-4-5-17(23-7-11)14-6-13(14)10-28-19-16(8-22-12(2)25-19)15-9-24-26-20(27-3)18(15)21/h4-5,7-9,13-14H,6,10H2,1-3H3/t13-,14+/m1/s1. The van der Waals surface area contributed by atoms with Crippen LogP contribution in [0.4, 0.5) is 0 Å². The van der Waals surface area contributed by atoms with Crippen LogP contribution in [0.2, 0.25) is 5.02 Å². The number of ether oxygens (including phenoxy) is 2. The fourth-order valence-electron chi connectivity index (χ4n) is 3.10. The molecule has 0 bridgehead atoms. The second kappa shape index (κ2) is 7.67. The van der Waals surface area contributed by atoms with Crippen LogP contribution in [-0.2, 0) is 0 Å². The van der Waals surface area contributed by atoms with Crippen LogP contribution in [0.15, 0.2) is 30.7 Å². The predicted octanol–water partition coefficient (Wildman–Crippen LogP) is 3.79. The molecular weight excluding hydrogens is 378 g/mol. The molecule has 4 rings (SSSR count). The monoisotopic (exact) mass is 397 g/mol. The molecule has 3 aromatic rings. The average molecular weight is 398 g/mol. The number of aromatic nitrogens is 5. The molecule has 0 aliphatic heterocycles. The van der Waals surface area contributed by atoms with Crippen LogP contribution >= 0.6 is 11.6 Å². The first-order valence-electron chi connectivity index (χ1n) is 9.01. The van der Waals surface area contributed by atoms with Crippen molar-refractivity contribution in [1.82, 2.24) is 25.1 Å². The molecule has 0 radical (unpaired) electrons. The number of hydrogen-bond acceptors (Lipinski definition) is 7. The van der Waals surface area contributed by atoms with Gasteiger partial charge in [-0.2, -0.15) is 10.1 Å². The summed E-state index contributed by atoms with van der Waals surface area (Å²) >= 11 is 6.40. The van der Waals surface area contributed by atoms with E-state index in [9.17, 15) is 0 Å². The van der Waals surface area contributed by atoms with Crippen molar-refractivity contribution in [2.45, 2.75) is 26.2 Å². The third-order valence-corrected chi connectivity index (χ3v) is 5.15. The van der Waals surface area contributed by atoms with Crippen molar-refractivity contribution in [2.75, 3.05) is 13.7 Å². The number of hydrogen-bond donors (Lipinski definition) is 0. The predicted molar refractivity (Wildman–Crippen MR) is 105 cm³/mol. The Labute approximate surface area is 168 Å². The number of rotatable bonds is 6. The Balaban J connectivity index is 1.53. The Kier molecular flexibility index (Phi) is 5.09. The summed E-state index contributed by atoms with van der Waals surface area (Å²) in [6.45, 7) is 4.41. The van der Waals surface area contributed by atoms with Gasteiger partial charge >= 0.3 is 0 Å². The van der Waals surface area contributed by atoms with Gasteiger partial charge < -0.3 is 9.47 Å². The minimum atomic E-state index is 0.249. The zero-order valence-electron chi connectivity index (χ0n) is 15.9. The molecule has 1 fully saturated rings. The second-order valence-electron chi connectivity index (χ2n) is 6.89. The topological polar surface area (TPSA) is 82.9 Å². The van der Waals surface area contributed by atoms with E-state index in [1.165, 1.54) is 7.11 Å². The lowest BCUT2D eigenvalue weighted by atomic mass is 10.1. The Hall–Kier alpha value is -2.80. The van der Waals surface area contributed by atoms with Gasteiger partial charge in [0.1, 0.15) is 10.8 Å². The quantitative estimate of drug-likeness (QED) is 0.625. The number of nitrogens with zero attached hydrogens (tertiary/aromatic N) is 5. The van der Waals surface area contributed by atoms with Gasteiger partial charge in [0.15, 0.2) is 0 Å². The summed E-state index contributed by atoms with van der Waals surface area (Å²) in [5.74, 6) is 2.19. The molecule has 1 saturated carbocycles. The van der Waals surface area contributed by atoms with E-state index < -0.39 is 0 Å². The van der Waals surface area contributed by atoms with Crippen molar-refractivity contribution >= 4 is 11.6 Å². The van der Waals surface area contributed by atoms with Gasteiger partial charge in [-0.25, -0.2) is 4.98 Å². The van der Waals surface area contributed by atoms with Crippen LogP contribution in [0.25, 0.3) is 11.1 Å². The third kappa shape index (κ3) is 3.75. The van der Waals surface area contributed by atoms with E-state index in [-0.39, 0.29) is 5.88 Å². The van der Waals surface area contributed by atoms with Crippen molar-refractivity contribution in [3.63, 3.8) is 0 Å². The van der Waals surface area contributed by atoms with Crippen molar-refractivity contribution in [2.24, 2.45) is 5.92 Å². The first kappa shape index (κ1) is 18.6. The van der Waals surface area contributed by atoms with Gasteiger partial charge in [0.25, 0.3) is 5.88 Å². The van der Waals surface area contributed by atoms with Crippen molar-refractivity contribution in [3.05, 3.63) is 52.8 Å². The van der Waals surface area contributed by atoms with E-state index in [1.807, 2.05) is 20.0 Å². The molecule has 0 unspecified atom stereocenters. The summed E-state index contributed by atoms with van der Waals surface area (Å²) in [6.07, 6.45) is 6.21. The highest BCUT2D eigenvalue weighted by Gasteiger charge is 2.40. The van der Waals surface area contributed by atoms with E-state index in [0.717, 1.165) is 17.7 Å². The van der Waals surface area contributed by atoms with Crippen LogP contribution in [0.1, 0.15) is 29.4 Å². The molecule has 28 heavy (non-hydrogen) atoms. The Morgan fingerprint density at radius 1 is 1.07 bits per heavy atom. The van der Waals surface area contributed by atoms with Crippen LogP contribution in [0.5, 0.6) is 11.8 Å². The minimum absolute atomic E-state index is 0.249. The summed E-state index contributed by atoms with van der Waals surface area (Å²) in [5, 5.41) is 8.17. The summed E-state index contributed by atoms with van der Waals surface area (Å²) < 4.78 is 11.2. The van der Waals surface area contributed by atoms with Crippen LogP contribution in [-0.4, -0.2) is 38.9 Å². The highest BCUT2D eigenvalue weighted by molar-refractivity contribution is 6.34. The molecule has 0 spiro atoms. The minimum Gasteiger partial charge on any atom is -0.479 e. The van der Waals surface area contributed by atoms with Crippen molar-refractivity contribution < 1.29 is 9.47 Å². The molecule has 144 valence electrons. The molecule has 0 amide bonds. The summed E-state index contributed by atoms with van der Waals surface area (Å²) in [5.41, 5.74) is 3.56. The normalized spacial score (nSPS) is 18.0. The maximum absolute atomic E-state index is 6.40. The fourth-order valence-corrected chi connectivity index (χ4v) is 3.36.